The van der Waals surface area contributed by atoms with Gasteiger partial charge in [0, 0.05) is 11.6 Å². The first kappa shape index (κ1) is 18.9. The number of benzene rings is 2. The van der Waals surface area contributed by atoms with Crippen LogP contribution in [-0.4, -0.2) is 25.8 Å². The molecule has 6 heteroatoms. The molecule has 0 spiro atoms. The molecule has 2 aromatic carbocycles. The summed E-state index contributed by atoms with van der Waals surface area (Å²) in [6.07, 6.45) is 2.04. The van der Waals surface area contributed by atoms with Crippen molar-refractivity contribution in [2.75, 3.05) is 0 Å². The number of Topliss-reactive ketones (excluding diaryl/α,β-unsaturated/α-hetero) is 1. The molecule has 1 fully saturated rings. The van der Waals surface area contributed by atoms with Crippen LogP contribution in [0.4, 0.5) is 4.39 Å². The highest BCUT2D eigenvalue weighted by atomic mass is 32.2. The Morgan fingerprint density at radius 2 is 1.89 bits per heavy atom. The van der Waals surface area contributed by atoms with Crippen molar-refractivity contribution in [2.45, 2.75) is 50.1 Å². The molecule has 1 aliphatic rings. The largest absolute Gasteiger partial charge is 0.299 e. The van der Waals surface area contributed by atoms with Crippen LogP contribution in [0, 0.1) is 19.7 Å². The van der Waals surface area contributed by atoms with Crippen LogP contribution >= 0.6 is 11.8 Å². The molecular formula is C22H22FN3OS. The molecule has 1 aliphatic carbocycles. The van der Waals surface area contributed by atoms with Crippen LogP contribution in [0.3, 0.4) is 0 Å². The van der Waals surface area contributed by atoms with Gasteiger partial charge in [-0.25, -0.2) is 4.39 Å². The lowest BCUT2D eigenvalue weighted by Crippen LogP contribution is -2.15. The predicted octanol–water partition coefficient (Wildman–Crippen LogP) is 5.40. The number of nitrogens with zero attached hydrogens (tertiary/aromatic N) is 3. The second kappa shape index (κ2) is 7.51. The molecule has 3 aromatic rings. The van der Waals surface area contributed by atoms with E-state index >= 15 is 0 Å². The van der Waals surface area contributed by atoms with E-state index in [1.165, 1.54) is 23.4 Å². The van der Waals surface area contributed by atoms with Crippen molar-refractivity contribution in [3.63, 3.8) is 0 Å². The number of hydrogen-bond acceptors (Lipinski definition) is 4. The summed E-state index contributed by atoms with van der Waals surface area (Å²) in [6, 6.07) is 12.7. The van der Waals surface area contributed by atoms with Crippen LogP contribution in [0.5, 0.6) is 0 Å². The summed E-state index contributed by atoms with van der Waals surface area (Å²) in [5.74, 6) is 0.285. The lowest BCUT2D eigenvalue weighted by atomic mass is 10.0. The lowest BCUT2D eigenvalue weighted by Gasteiger charge is -2.13. The van der Waals surface area contributed by atoms with Crippen LogP contribution in [0.25, 0.3) is 11.4 Å². The van der Waals surface area contributed by atoms with Crippen molar-refractivity contribution in [3.05, 3.63) is 65.0 Å². The third kappa shape index (κ3) is 3.61. The first-order valence-electron chi connectivity index (χ1n) is 9.43. The smallest absolute Gasteiger partial charge is 0.192 e. The van der Waals surface area contributed by atoms with Gasteiger partial charge in [0.15, 0.2) is 16.8 Å². The Labute approximate surface area is 168 Å². The molecule has 1 saturated carbocycles. The quantitative estimate of drug-likeness (QED) is 0.414. The highest BCUT2D eigenvalue weighted by Crippen LogP contribution is 2.42. The summed E-state index contributed by atoms with van der Waals surface area (Å²) in [7, 11) is 0. The third-order valence-corrected chi connectivity index (χ3v) is 6.19. The van der Waals surface area contributed by atoms with E-state index in [0.717, 1.165) is 18.4 Å². The number of ketones is 1. The van der Waals surface area contributed by atoms with Gasteiger partial charge in [-0.3, -0.25) is 9.36 Å². The minimum Gasteiger partial charge on any atom is -0.299 e. The molecule has 0 bridgehead atoms. The molecule has 0 N–H and O–H groups in total. The number of carbonyl (C=O) groups excluding carboxylic acids is 1. The SMILES string of the molecule is Cc1ccc(C(=O)[C@H](C)Sc2nnc(-c3ccccc3F)n2C2CC2)cc1C. The van der Waals surface area contributed by atoms with Gasteiger partial charge in [0.2, 0.25) is 0 Å². The van der Waals surface area contributed by atoms with E-state index in [1.54, 1.807) is 18.2 Å². The maximum Gasteiger partial charge on any atom is 0.192 e. The Balaban J connectivity index is 1.62. The molecule has 0 unspecified atom stereocenters. The van der Waals surface area contributed by atoms with Gasteiger partial charge in [-0.15, -0.1) is 10.2 Å². The Morgan fingerprint density at radius 3 is 2.57 bits per heavy atom. The van der Waals surface area contributed by atoms with Gasteiger partial charge in [0.05, 0.1) is 10.8 Å². The number of hydrogen-bond donors (Lipinski definition) is 0. The second-order valence-corrected chi connectivity index (χ2v) is 8.62. The molecule has 0 saturated heterocycles. The molecule has 4 nitrogen and oxygen atoms in total. The van der Waals surface area contributed by atoms with Gasteiger partial charge in [0.1, 0.15) is 5.82 Å². The zero-order valence-electron chi connectivity index (χ0n) is 16.1. The number of aryl methyl sites for hydroxylation is 2. The summed E-state index contributed by atoms with van der Waals surface area (Å²) < 4.78 is 16.3. The normalized spacial score (nSPS) is 14.9. The summed E-state index contributed by atoms with van der Waals surface area (Å²) in [4.78, 5) is 12.9. The monoisotopic (exact) mass is 395 g/mol. The van der Waals surface area contributed by atoms with Crippen molar-refractivity contribution in [2.24, 2.45) is 0 Å². The Bertz CT molecular complexity index is 1040. The van der Waals surface area contributed by atoms with Crippen molar-refractivity contribution < 1.29 is 9.18 Å². The molecular weight excluding hydrogens is 373 g/mol. The van der Waals surface area contributed by atoms with E-state index in [9.17, 15) is 9.18 Å². The molecule has 1 atom stereocenters. The molecule has 4 rings (SSSR count). The van der Waals surface area contributed by atoms with E-state index in [-0.39, 0.29) is 22.9 Å². The number of aromatic nitrogens is 3. The zero-order valence-corrected chi connectivity index (χ0v) is 17.0. The Hall–Kier alpha value is -2.47. The van der Waals surface area contributed by atoms with Crippen LogP contribution in [0.2, 0.25) is 0 Å². The van der Waals surface area contributed by atoms with Crippen LogP contribution in [0.15, 0.2) is 47.6 Å². The van der Waals surface area contributed by atoms with Crippen molar-refractivity contribution in [3.8, 4) is 11.4 Å². The second-order valence-electron chi connectivity index (χ2n) is 7.31. The van der Waals surface area contributed by atoms with Crippen molar-refractivity contribution >= 4 is 17.5 Å². The zero-order chi connectivity index (χ0) is 19.8. The standard InChI is InChI=1S/C22H22FN3OS/c1-13-8-9-16(12-14(13)2)20(27)15(3)28-22-25-24-21(26(22)17-10-11-17)18-6-4-5-7-19(18)23/h4-9,12,15,17H,10-11H2,1-3H3/t15-/m0/s1. The molecule has 144 valence electrons. The minimum atomic E-state index is -0.312. The molecule has 0 radical (unpaired) electrons. The van der Waals surface area contributed by atoms with E-state index in [1.807, 2.05) is 43.5 Å². The van der Waals surface area contributed by atoms with Crippen molar-refractivity contribution in [1.82, 2.24) is 14.8 Å². The van der Waals surface area contributed by atoms with E-state index in [4.69, 9.17) is 0 Å². The topological polar surface area (TPSA) is 47.8 Å². The van der Waals surface area contributed by atoms with Crippen LogP contribution in [0.1, 0.15) is 47.3 Å². The Kier molecular flexibility index (Phi) is 5.06. The van der Waals surface area contributed by atoms with Gasteiger partial charge < -0.3 is 0 Å². The summed E-state index contributed by atoms with van der Waals surface area (Å²) >= 11 is 1.39. The first-order valence-corrected chi connectivity index (χ1v) is 10.3. The molecule has 28 heavy (non-hydrogen) atoms. The van der Waals surface area contributed by atoms with Gasteiger partial charge in [-0.2, -0.15) is 0 Å². The average Bonchev–Trinajstić information content (AvgIpc) is 3.44. The fraction of sp³-hybridized carbons (Fsp3) is 0.318. The van der Waals surface area contributed by atoms with E-state index < -0.39 is 0 Å². The molecule has 1 heterocycles. The van der Waals surface area contributed by atoms with E-state index in [2.05, 4.69) is 10.2 Å². The summed E-state index contributed by atoms with van der Waals surface area (Å²) in [6.45, 7) is 5.93. The lowest BCUT2D eigenvalue weighted by molar-refractivity contribution is 0.0993. The highest BCUT2D eigenvalue weighted by molar-refractivity contribution is 8.00. The van der Waals surface area contributed by atoms with E-state index in [0.29, 0.717) is 22.1 Å². The first-order chi connectivity index (χ1) is 13.5. The van der Waals surface area contributed by atoms with Crippen LogP contribution in [-0.2, 0) is 0 Å². The number of thioether (sulfide) groups is 1. The fourth-order valence-corrected chi connectivity index (χ4v) is 4.18. The highest BCUT2D eigenvalue weighted by Gasteiger charge is 2.32. The molecule has 1 aromatic heterocycles. The third-order valence-electron chi connectivity index (χ3n) is 5.13. The predicted molar refractivity (Wildman–Crippen MR) is 109 cm³/mol. The summed E-state index contributed by atoms with van der Waals surface area (Å²) in [5.41, 5.74) is 3.42. The minimum absolute atomic E-state index is 0.0610. The molecule has 0 aliphatic heterocycles. The number of carbonyl (C=O) groups is 1. The Morgan fingerprint density at radius 1 is 1.14 bits per heavy atom. The maximum atomic E-state index is 14.3. The maximum absolute atomic E-state index is 14.3. The summed E-state index contributed by atoms with van der Waals surface area (Å²) in [5, 5.41) is 8.92. The van der Waals surface area contributed by atoms with Crippen LogP contribution < -0.4 is 0 Å². The van der Waals surface area contributed by atoms with Gasteiger partial charge >= 0.3 is 0 Å². The van der Waals surface area contributed by atoms with Gasteiger partial charge in [-0.1, -0.05) is 36.0 Å². The van der Waals surface area contributed by atoms with Gasteiger partial charge in [-0.05, 0) is 62.9 Å². The number of rotatable bonds is 6. The fourth-order valence-electron chi connectivity index (χ4n) is 3.19. The van der Waals surface area contributed by atoms with Crippen molar-refractivity contribution in [1.29, 1.82) is 0 Å². The number of halogens is 1. The average molecular weight is 396 g/mol. The molecule has 0 amide bonds. The van der Waals surface area contributed by atoms with Gasteiger partial charge in [0.25, 0.3) is 0 Å².